The molecule has 108 valence electrons. The van der Waals surface area contributed by atoms with Crippen LogP contribution in [0.1, 0.15) is 59.3 Å². The Labute approximate surface area is 115 Å². The Morgan fingerprint density at radius 2 is 1.28 bits per heavy atom. The van der Waals surface area contributed by atoms with Crippen LogP contribution >= 0.6 is 0 Å². The highest BCUT2D eigenvalue weighted by atomic mass is 28.1. The molecular weight excluding hydrogens is 244 g/mol. The summed E-state index contributed by atoms with van der Waals surface area (Å²) in [5.74, 6) is -0.501. The molecule has 0 spiro atoms. The van der Waals surface area contributed by atoms with Crippen molar-refractivity contribution in [3.63, 3.8) is 0 Å². The van der Waals surface area contributed by atoms with Crippen LogP contribution in [-0.2, 0) is 14.2 Å². The predicted octanol–water partition coefficient (Wildman–Crippen LogP) is 2.21. The van der Waals surface area contributed by atoms with Gasteiger partial charge in [-0.1, -0.05) is 19.3 Å². The van der Waals surface area contributed by atoms with Gasteiger partial charge < -0.3 is 14.2 Å². The minimum Gasteiger partial charge on any atom is -0.374 e. The summed E-state index contributed by atoms with van der Waals surface area (Å²) in [7, 11) is 0.949. The van der Waals surface area contributed by atoms with E-state index in [2.05, 4.69) is 6.92 Å². The van der Waals surface area contributed by atoms with E-state index in [1.54, 1.807) is 0 Å². The van der Waals surface area contributed by atoms with Gasteiger partial charge in [-0.3, -0.25) is 0 Å². The lowest BCUT2D eigenvalue weighted by Gasteiger charge is -2.48. The molecule has 1 fully saturated rings. The molecule has 0 aromatic rings. The fourth-order valence-electron chi connectivity index (χ4n) is 3.09. The van der Waals surface area contributed by atoms with Crippen molar-refractivity contribution < 1.29 is 14.2 Å². The SMILES string of the molecule is CCOC1([SiH3])CCCCCCC1(OCC)OCC. The lowest BCUT2D eigenvalue weighted by atomic mass is 9.91. The number of rotatable bonds is 6. The average Bonchev–Trinajstić information content (AvgIpc) is 2.32. The van der Waals surface area contributed by atoms with Crippen molar-refractivity contribution >= 4 is 10.2 Å². The molecule has 1 unspecified atom stereocenters. The first-order valence-corrected chi connectivity index (χ1v) is 8.56. The van der Waals surface area contributed by atoms with Crippen LogP contribution < -0.4 is 0 Å². The smallest absolute Gasteiger partial charge is 0.193 e. The maximum atomic E-state index is 6.14. The third kappa shape index (κ3) is 3.56. The second-order valence-electron chi connectivity index (χ2n) is 5.20. The molecule has 3 nitrogen and oxygen atoms in total. The molecule has 0 aromatic carbocycles. The van der Waals surface area contributed by atoms with Gasteiger partial charge in [0.05, 0.1) is 10.2 Å². The molecule has 0 aliphatic heterocycles. The summed E-state index contributed by atoms with van der Waals surface area (Å²) in [6.45, 7) is 8.29. The minimum atomic E-state index is -0.501. The Balaban J connectivity index is 2.98. The maximum Gasteiger partial charge on any atom is 0.193 e. The minimum absolute atomic E-state index is 0.186. The van der Waals surface area contributed by atoms with Crippen LogP contribution in [0, 0.1) is 0 Å². The topological polar surface area (TPSA) is 27.7 Å². The van der Waals surface area contributed by atoms with Crippen molar-refractivity contribution in [1.82, 2.24) is 0 Å². The first kappa shape index (κ1) is 16.2. The van der Waals surface area contributed by atoms with E-state index in [0.717, 1.165) is 29.7 Å². The van der Waals surface area contributed by atoms with E-state index in [1.807, 2.05) is 13.8 Å². The van der Waals surface area contributed by atoms with Gasteiger partial charge in [0.1, 0.15) is 5.22 Å². The fourth-order valence-corrected chi connectivity index (χ4v) is 4.27. The van der Waals surface area contributed by atoms with Crippen molar-refractivity contribution in [1.29, 1.82) is 0 Å². The average molecular weight is 274 g/mol. The highest BCUT2D eigenvalue weighted by Gasteiger charge is 2.50. The summed E-state index contributed by atoms with van der Waals surface area (Å²) >= 11 is 0. The molecule has 18 heavy (non-hydrogen) atoms. The van der Waals surface area contributed by atoms with Crippen molar-refractivity contribution in [2.75, 3.05) is 19.8 Å². The van der Waals surface area contributed by atoms with Gasteiger partial charge in [0.2, 0.25) is 0 Å². The molecule has 1 atom stereocenters. The van der Waals surface area contributed by atoms with Crippen molar-refractivity contribution in [2.45, 2.75) is 70.3 Å². The Hall–Kier alpha value is 0.0969. The lowest BCUT2D eigenvalue weighted by Crippen LogP contribution is -2.60. The second kappa shape index (κ2) is 7.63. The molecule has 0 aromatic heterocycles. The fraction of sp³-hybridized carbons (Fsp3) is 1.00. The Morgan fingerprint density at radius 1 is 0.778 bits per heavy atom. The molecule has 0 amide bonds. The van der Waals surface area contributed by atoms with Crippen LogP contribution in [0.5, 0.6) is 0 Å². The van der Waals surface area contributed by atoms with Crippen LogP contribution in [0.25, 0.3) is 0 Å². The number of ether oxygens (including phenoxy) is 3. The van der Waals surface area contributed by atoms with E-state index >= 15 is 0 Å². The third-order valence-corrected chi connectivity index (χ3v) is 5.48. The van der Waals surface area contributed by atoms with E-state index in [-0.39, 0.29) is 5.22 Å². The van der Waals surface area contributed by atoms with Gasteiger partial charge in [0, 0.05) is 26.2 Å². The lowest BCUT2D eigenvalue weighted by molar-refractivity contribution is -0.310. The van der Waals surface area contributed by atoms with Crippen LogP contribution in [-0.4, -0.2) is 41.1 Å². The maximum absolute atomic E-state index is 6.14. The summed E-state index contributed by atoms with van der Waals surface area (Å²) in [4.78, 5) is 0. The quantitative estimate of drug-likeness (QED) is 0.549. The molecule has 4 heteroatoms. The van der Waals surface area contributed by atoms with Gasteiger partial charge in [-0.05, 0) is 33.6 Å². The molecule has 0 saturated heterocycles. The van der Waals surface area contributed by atoms with Gasteiger partial charge in [0.25, 0.3) is 0 Å². The molecule has 1 saturated carbocycles. The molecule has 0 bridgehead atoms. The van der Waals surface area contributed by atoms with E-state index in [1.165, 1.54) is 25.7 Å². The number of hydrogen-bond donors (Lipinski definition) is 0. The zero-order chi connectivity index (χ0) is 13.5. The van der Waals surface area contributed by atoms with E-state index in [0.29, 0.717) is 13.2 Å². The van der Waals surface area contributed by atoms with E-state index in [4.69, 9.17) is 14.2 Å². The second-order valence-corrected chi connectivity index (χ2v) is 6.81. The molecule has 0 radical (unpaired) electrons. The summed E-state index contributed by atoms with van der Waals surface area (Å²) in [5.41, 5.74) is 0. The Bertz CT molecular complexity index is 229. The Kier molecular flexibility index (Phi) is 6.85. The van der Waals surface area contributed by atoms with Gasteiger partial charge in [-0.15, -0.1) is 0 Å². The van der Waals surface area contributed by atoms with Crippen LogP contribution in [0.15, 0.2) is 0 Å². The van der Waals surface area contributed by atoms with Crippen LogP contribution in [0.3, 0.4) is 0 Å². The molecule has 1 aliphatic rings. The van der Waals surface area contributed by atoms with Crippen molar-refractivity contribution in [2.24, 2.45) is 0 Å². The standard InChI is InChI=1S/C14H30O3Si/c1-4-15-13(16-5-2)11-9-7-8-10-12-14(13,18)17-6-3/h4-12H2,1-3,18H3. The monoisotopic (exact) mass is 274 g/mol. The van der Waals surface area contributed by atoms with Crippen LogP contribution in [0.4, 0.5) is 0 Å². The first-order valence-electron chi connectivity index (χ1n) is 7.56. The van der Waals surface area contributed by atoms with Gasteiger partial charge in [-0.2, -0.15) is 0 Å². The molecule has 1 aliphatic carbocycles. The summed E-state index contributed by atoms with van der Waals surface area (Å²) < 4.78 is 18.3. The zero-order valence-electron chi connectivity index (χ0n) is 12.6. The molecular formula is C14H30O3Si. The summed E-state index contributed by atoms with van der Waals surface area (Å²) in [6, 6.07) is 0. The normalized spacial score (nSPS) is 28.8. The highest BCUT2D eigenvalue weighted by Crippen LogP contribution is 2.39. The largest absolute Gasteiger partial charge is 0.374 e. The predicted molar refractivity (Wildman–Crippen MR) is 78.0 cm³/mol. The highest BCUT2D eigenvalue weighted by molar-refractivity contribution is 6.15. The molecule has 1 rings (SSSR count). The summed E-state index contributed by atoms with van der Waals surface area (Å²) in [5, 5.41) is -0.186. The van der Waals surface area contributed by atoms with E-state index in [9.17, 15) is 0 Å². The summed E-state index contributed by atoms with van der Waals surface area (Å²) in [6.07, 6.45) is 7.05. The van der Waals surface area contributed by atoms with Gasteiger partial charge >= 0.3 is 0 Å². The van der Waals surface area contributed by atoms with Gasteiger partial charge in [0.15, 0.2) is 5.79 Å². The number of hydrogen-bond acceptors (Lipinski definition) is 3. The first-order chi connectivity index (χ1) is 8.64. The van der Waals surface area contributed by atoms with Crippen LogP contribution in [0.2, 0.25) is 0 Å². The zero-order valence-corrected chi connectivity index (χ0v) is 14.6. The van der Waals surface area contributed by atoms with E-state index < -0.39 is 5.79 Å². The van der Waals surface area contributed by atoms with Crippen molar-refractivity contribution in [3.05, 3.63) is 0 Å². The molecule has 0 heterocycles. The third-order valence-electron chi connectivity index (χ3n) is 3.93. The Morgan fingerprint density at radius 3 is 1.78 bits per heavy atom. The molecule has 0 N–H and O–H groups in total. The van der Waals surface area contributed by atoms with Crippen molar-refractivity contribution in [3.8, 4) is 0 Å². The van der Waals surface area contributed by atoms with Gasteiger partial charge in [-0.25, -0.2) is 0 Å².